The SMILES string of the molecule is COCCN(C)CCCOc1cc(OC2CCCC2)c2c(Nc3ccc(OCc4cccc(F)c4)c(Cl)c3)ncnc2c1. The summed E-state index contributed by atoms with van der Waals surface area (Å²) in [5, 5.41) is 4.59. The number of hydrogen-bond acceptors (Lipinski definition) is 8. The highest BCUT2D eigenvalue weighted by atomic mass is 35.5. The molecule has 8 nitrogen and oxygen atoms in total. The summed E-state index contributed by atoms with van der Waals surface area (Å²) in [6.07, 6.45) is 6.90. The largest absolute Gasteiger partial charge is 0.493 e. The Morgan fingerprint density at radius 1 is 0.977 bits per heavy atom. The first kappa shape index (κ1) is 30.8. The summed E-state index contributed by atoms with van der Waals surface area (Å²) < 4.78 is 37.2. The van der Waals surface area contributed by atoms with Crippen molar-refractivity contribution >= 4 is 34.0 Å². The van der Waals surface area contributed by atoms with Crippen molar-refractivity contribution in [1.29, 1.82) is 0 Å². The number of aromatic nitrogens is 2. The number of methoxy groups -OCH3 is 1. The second kappa shape index (κ2) is 15.2. The lowest BCUT2D eigenvalue weighted by Crippen LogP contribution is -2.25. The summed E-state index contributed by atoms with van der Waals surface area (Å²) in [5.41, 5.74) is 2.17. The zero-order valence-electron chi connectivity index (χ0n) is 24.7. The molecule has 1 saturated carbocycles. The van der Waals surface area contributed by atoms with Crippen LogP contribution in [0.2, 0.25) is 5.02 Å². The molecule has 1 heterocycles. The Morgan fingerprint density at radius 2 is 1.84 bits per heavy atom. The van der Waals surface area contributed by atoms with Gasteiger partial charge in [0.25, 0.3) is 0 Å². The van der Waals surface area contributed by atoms with Gasteiger partial charge >= 0.3 is 0 Å². The van der Waals surface area contributed by atoms with Crippen molar-refractivity contribution in [3.05, 3.63) is 77.3 Å². The number of ether oxygens (including phenoxy) is 4. The molecule has 0 unspecified atom stereocenters. The second-order valence-electron chi connectivity index (χ2n) is 10.7. The third-order valence-corrected chi connectivity index (χ3v) is 7.67. The molecule has 43 heavy (non-hydrogen) atoms. The van der Waals surface area contributed by atoms with Crippen molar-refractivity contribution in [1.82, 2.24) is 14.9 Å². The van der Waals surface area contributed by atoms with Gasteiger partial charge in [-0.15, -0.1) is 0 Å². The van der Waals surface area contributed by atoms with Gasteiger partial charge in [0.05, 0.1) is 35.2 Å². The third kappa shape index (κ3) is 8.69. The molecule has 0 aliphatic heterocycles. The molecule has 0 amide bonds. The van der Waals surface area contributed by atoms with Crippen molar-refractivity contribution in [2.45, 2.75) is 44.8 Å². The third-order valence-electron chi connectivity index (χ3n) is 7.38. The van der Waals surface area contributed by atoms with E-state index in [0.717, 1.165) is 67.3 Å². The van der Waals surface area contributed by atoms with Crippen molar-refractivity contribution in [2.75, 3.05) is 45.8 Å². The zero-order valence-corrected chi connectivity index (χ0v) is 25.4. The van der Waals surface area contributed by atoms with Gasteiger partial charge < -0.3 is 29.2 Å². The predicted octanol–water partition coefficient (Wildman–Crippen LogP) is 7.41. The summed E-state index contributed by atoms with van der Waals surface area (Å²) in [6, 6.07) is 15.6. The summed E-state index contributed by atoms with van der Waals surface area (Å²) in [7, 11) is 3.79. The van der Waals surface area contributed by atoms with Crippen LogP contribution in [0.5, 0.6) is 17.2 Å². The quantitative estimate of drug-likeness (QED) is 0.140. The number of anilines is 2. The standard InChI is InChI=1S/C33H38ClFN4O4/c1-39(14-16-40-2)13-6-15-41-27-19-29-32(31(20-27)43-26-9-3-4-10-26)33(37-22-36-29)38-25-11-12-30(28(34)18-25)42-21-23-7-5-8-24(35)17-23/h5,7-8,11-12,17-20,22,26H,3-4,6,9-10,13-16,21H2,1-2H3,(H,36,37,38). The summed E-state index contributed by atoms with van der Waals surface area (Å²) in [4.78, 5) is 11.3. The van der Waals surface area contributed by atoms with Crippen LogP contribution in [0, 0.1) is 5.82 Å². The van der Waals surface area contributed by atoms with E-state index in [-0.39, 0.29) is 18.5 Å². The Balaban J connectivity index is 1.32. The minimum absolute atomic E-state index is 0.143. The zero-order chi connectivity index (χ0) is 30.0. The number of likely N-dealkylation sites (N-methyl/N-ethyl adjacent to an activating group) is 1. The van der Waals surface area contributed by atoms with Crippen molar-refractivity contribution in [2.24, 2.45) is 0 Å². The Kier molecular flexibility index (Phi) is 10.9. The van der Waals surface area contributed by atoms with Crippen LogP contribution in [0.1, 0.15) is 37.7 Å². The van der Waals surface area contributed by atoms with Crippen molar-refractivity contribution < 1.29 is 23.3 Å². The molecule has 0 radical (unpaired) electrons. The molecule has 5 rings (SSSR count). The van der Waals surface area contributed by atoms with Crippen LogP contribution in [0.4, 0.5) is 15.9 Å². The molecule has 1 N–H and O–H groups in total. The Labute approximate surface area is 257 Å². The fourth-order valence-corrected chi connectivity index (χ4v) is 5.32. The molecule has 0 spiro atoms. The molecule has 0 atom stereocenters. The lowest BCUT2D eigenvalue weighted by atomic mass is 10.1. The molecule has 0 bridgehead atoms. The van der Waals surface area contributed by atoms with Crippen molar-refractivity contribution in [3.63, 3.8) is 0 Å². The lowest BCUT2D eigenvalue weighted by molar-refractivity contribution is 0.157. The van der Waals surface area contributed by atoms with E-state index in [2.05, 4.69) is 27.2 Å². The van der Waals surface area contributed by atoms with Crippen LogP contribution in [0.25, 0.3) is 10.9 Å². The number of rotatable bonds is 15. The van der Waals surface area contributed by atoms with E-state index in [4.69, 9.17) is 30.5 Å². The van der Waals surface area contributed by atoms with E-state index in [1.165, 1.54) is 18.5 Å². The highest BCUT2D eigenvalue weighted by Crippen LogP contribution is 2.38. The maximum absolute atomic E-state index is 13.5. The van der Waals surface area contributed by atoms with E-state index >= 15 is 0 Å². The van der Waals surface area contributed by atoms with E-state index in [0.29, 0.717) is 41.3 Å². The minimum Gasteiger partial charge on any atom is -0.493 e. The molecular formula is C33H38ClFN4O4. The molecule has 1 aromatic heterocycles. The monoisotopic (exact) mass is 608 g/mol. The maximum Gasteiger partial charge on any atom is 0.145 e. The average molecular weight is 609 g/mol. The Hall–Kier alpha value is -3.66. The fraction of sp³-hybridized carbons (Fsp3) is 0.394. The van der Waals surface area contributed by atoms with Crippen LogP contribution in [-0.2, 0) is 11.3 Å². The van der Waals surface area contributed by atoms with Crippen molar-refractivity contribution in [3.8, 4) is 17.2 Å². The van der Waals surface area contributed by atoms with Gasteiger partial charge in [-0.2, -0.15) is 0 Å². The molecule has 228 valence electrons. The van der Waals surface area contributed by atoms with Gasteiger partial charge in [-0.25, -0.2) is 14.4 Å². The molecule has 1 aliphatic carbocycles. The first-order chi connectivity index (χ1) is 21.0. The van der Waals surface area contributed by atoms with Gasteiger partial charge in [-0.05, 0) is 75.0 Å². The summed E-state index contributed by atoms with van der Waals surface area (Å²) in [5.74, 6) is 2.21. The van der Waals surface area contributed by atoms with E-state index in [1.807, 2.05) is 18.2 Å². The molecule has 10 heteroatoms. The minimum atomic E-state index is -0.305. The molecule has 3 aromatic carbocycles. The van der Waals surface area contributed by atoms with Crippen LogP contribution >= 0.6 is 11.6 Å². The van der Waals surface area contributed by atoms with E-state index in [9.17, 15) is 4.39 Å². The Morgan fingerprint density at radius 3 is 2.63 bits per heavy atom. The Bertz CT molecular complexity index is 1500. The fourth-order valence-electron chi connectivity index (χ4n) is 5.09. The molecule has 1 fully saturated rings. The second-order valence-corrected chi connectivity index (χ2v) is 11.2. The first-order valence-corrected chi connectivity index (χ1v) is 15.1. The number of nitrogens with zero attached hydrogens (tertiary/aromatic N) is 3. The first-order valence-electron chi connectivity index (χ1n) is 14.7. The van der Waals surface area contributed by atoms with Crippen LogP contribution < -0.4 is 19.5 Å². The van der Waals surface area contributed by atoms with Crippen LogP contribution in [0.3, 0.4) is 0 Å². The number of benzene rings is 3. The summed E-state index contributed by atoms with van der Waals surface area (Å²) in [6.45, 7) is 3.29. The highest BCUT2D eigenvalue weighted by Gasteiger charge is 2.21. The van der Waals surface area contributed by atoms with Gasteiger partial charge in [0.1, 0.15) is 41.8 Å². The summed E-state index contributed by atoms with van der Waals surface area (Å²) >= 11 is 6.56. The van der Waals surface area contributed by atoms with Gasteiger partial charge in [0.15, 0.2) is 0 Å². The highest BCUT2D eigenvalue weighted by molar-refractivity contribution is 6.32. The van der Waals surface area contributed by atoms with Crippen LogP contribution in [0.15, 0.2) is 60.9 Å². The molecule has 1 aliphatic rings. The number of fused-ring (bicyclic) bond motifs is 1. The molecular weight excluding hydrogens is 571 g/mol. The topological polar surface area (TPSA) is 78.0 Å². The van der Waals surface area contributed by atoms with Gasteiger partial charge in [0, 0.05) is 38.0 Å². The smallest absolute Gasteiger partial charge is 0.145 e. The number of halogens is 2. The lowest BCUT2D eigenvalue weighted by Gasteiger charge is -2.19. The van der Waals surface area contributed by atoms with E-state index in [1.54, 1.807) is 31.4 Å². The van der Waals surface area contributed by atoms with Gasteiger partial charge in [-0.1, -0.05) is 23.7 Å². The molecule has 4 aromatic rings. The molecule has 0 saturated heterocycles. The normalized spacial score (nSPS) is 13.5. The van der Waals surface area contributed by atoms with E-state index < -0.39 is 0 Å². The number of nitrogens with one attached hydrogen (secondary N) is 1. The van der Waals surface area contributed by atoms with Gasteiger partial charge in [0.2, 0.25) is 0 Å². The average Bonchev–Trinajstić information content (AvgIpc) is 3.51. The maximum atomic E-state index is 13.5. The van der Waals surface area contributed by atoms with Crippen LogP contribution in [-0.4, -0.2) is 61.4 Å². The number of hydrogen-bond donors (Lipinski definition) is 1. The van der Waals surface area contributed by atoms with Gasteiger partial charge in [-0.3, -0.25) is 0 Å². The predicted molar refractivity (Wildman–Crippen MR) is 167 cm³/mol.